The largest absolute Gasteiger partial charge is 0.349 e. The molecule has 24 heavy (non-hydrogen) atoms. The fraction of sp³-hybridized carbons (Fsp3) is 0.400. The highest BCUT2D eigenvalue weighted by atomic mass is 16.2. The SMILES string of the molecule is Cc1ccccc1[C@H]1C[C@@H](C)N(CC(=O)NCc2ccccn2)C1. The Labute approximate surface area is 143 Å². The molecule has 1 aromatic heterocycles. The van der Waals surface area contributed by atoms with Gasteiger partial charge in [-0.1, -0.05) is 30.3 Å². The molecule has 0 saturated carbocycles. The monoisotopic (exact) mass is 323 g/mol. The van der Waals surface area contributed by atoms with Crippen molar-refractivity contribution in [3.63, 3.8) is 0 Å². The lowest BCUT2D eigenvalue weighted by atomic mass is 9.93. The Bertz CT molecular complexity index is 686. The molecule has 1 aliphatic heterocycles. The molecule has 1 N–H and O–H groups in total. The molecule has 4 nitrogen and oxygen atoms in total. The summed E-state index contributed by atoms with van der Waals surface area (Å²) in [6.07, 6.45) is 2.86. The van der Waals surface area contributed by atoms with Gasteiger partial charge in [-0.3, -0.25) is 14.7 Å². The third-order valence-electron chi connectivity index (χ3n) is 4.87. The summed E-state index contributed by atoms with van der Waals surface area (Å²) in [4.78, 5) is 18.8. The van der Waals surface area contributed by atoms with Gasteiger partial charge >= 0.3 is 0 Å². The lowest BCUT2D eigenvalue weighted by molar-refractivity contribution is -0.122. The van der Waals surface area contributed by atoms with E-state index in [1.807, 2.05) is 18.2 Å². The van der Waals surface area contributed by atoms with E-state index in [0.29, 0.717) is 25.0 Å². The van der Waals surface area contributed by atoms with Crippen molar-refractivity contribution in [1.29, 1.82) is 0 Å². The highest BCUT2D eigenvalue weighted by molar-refractivity contribution is 5.78. The summed E-state index contributed by atoms with van der Waals surface area (Å²) < 4.78 is 0. The molecule has 1 aliphatic rings. The first kappa shape index (κ1) is 16.7. The van der Waals surface area contributed by atoms with Crippen molar-refractivity contribution < 1.29 is 4.79 Å². The first-order chi connectivity index (χ1) is 11.6. The summed E-state index contributed by atoms with van der Waals surface area (Å²) in [5.41, 5.74) is 3.65. The quantitative estimate of drug-likeness (QED) is 0.920. The maximum absolute atomic E-state index is 12.2. The van der Waals surface area contributed by atoms with E-state index in [9.17, 15) is 4.79 Å². The molecule has 0 bridgehead atoms. The van der Waals surface area contributed by atoms with E-state index in [-0.39, 0.29) is 5.91 Å². The van der Waals surface area contributed by atoms with Crippen LogP contribution in [0.4, 0.5) is 0 Å². The minimum absolute atomic E-state index is 0.0675. The summed E-state index contributed by atoms with van der Waals surface area (Å²) in [5, 5.41) is 2.97. The van der Waals surface area contributed by atoms with Gasteiger partial charge in [0.2, 0.25) is 5.91 Å². The van der Waals surface area contributed by atoms with E-state index in [1.54, 1.807) is 6.20 Å². The number of benzene rings is 1. The van der Waals surface area contributed by atoms with Crippen molar-refractivity contribution >= 4 is 5.91 Å². The number of carbonyl (C=O) groups excluding carboxylic acids is 1. The Morgan fingerprint density at radius 2 is 2.04 bits per heavy atom. The third kappa shape index (κ3) is 4.01. The van der Waals surface area contributed by atoms with Crippen LogP contribution in [0.5, 0.6) is 0 Å². The molecule has 1 saturated heterocycles. The lowest BCUT2D eigenvalue weighted by Crippen LogP contribution is -2.38. The smallest absolute Gasteiger partial charge is 0.234 e. The number of hydrogen-bond acceptors (Lipinski definition) is 3. The van der Waals surface area contributed by atoms with Gasteiger partial charge in [-0.2, -0.15) is 0 Å². The van der Waals surface area contributed by atoms with Crippen LogP contribution >= 0.6 is 0 Å². The molecule has 0 radical (unpaired) electrons. The van der Waals surface area contributed by atoms with E-state index in [2.05, 4.69) is 53.3 Å². The standard InChI is InChI=1S/C20H25N3O/c1-15-7-3-4-9-19(15)17-11-16(2)23(13-17)14-20(24)22-12-18-8-5-6-10-21-18/h3-10,16-17H,11-14H2,1-2H3,(H,22,24)/t16-,17+/m1/s1. The van der Waals surface area contributed by atoms with Gasteiger partial charge in [0.25, 0.3) is 0 Å². The topological polar surface area (TPSA) is 45.2 Å². The van der Waals surface area contributed by atoms with Crippen molar-refractivity contribution in [3.8, 4) is 0 Å². The number of nitrogens with one attached hydrogen (secondary N) is 1. The Kier molecular flexibility index (Phi) is 5.26. The van der Waals surface area contributed by atoms with Crippen molar-refractivity contribution in [2.75, 3.05) is 13.1 Å². The average Bonchev–Trinajstić information content (AvgIpc) is 2.95. The summed E-state index contributed by atoms with van der Waals surface area (Å²) in [6, 6.07) is 14.7. The molecule has 0 spiro atoms. The fourth-order valence-electron chi connectivity index (χ4n) is 3.52. The van der Waals surface area contributed by atoms with Gasteiger partial charge in [0.05, 0.1) is 18.8 Å². The molecule has 1 amide bonds. The summed E-state index contributed by atoms with van der Waals surface area (Å²) in [7, 11) is 0. The molecule has 3 rings (SSSR count). The van der Waals surface area contributed by atoms with Crippen molar-refractivity contribution in [2.24, 2.45) is 0 Å². The minimum atomic E-state index is 0.0675. The van der Waals surface area contributed by atoms with Crippen LogP contribution in [0, 0.1) is 6.92 Å². The van der Waals surface area contributed by atoms with Crippen LogP contribution < -0.4 is 5.32 Å². The number of pyridine rings is 1. The number of aryl methyl sites for hydroxylation is 1. The normalized spacial score (nSPS) is 20.9. The summed E-state index contributed by atoms with van der Waals surface area (Å²) in [5.74, 6) is 0.586. The lowest BCUT2D eigenvalue weighted by Gasteiger charge is -2.20. The predicted molar refractivity (Wildman–Crippen MR) is 95.7 cm³/mol. The van der Waals surface area contributed by atoms with Crippen LogP contribution in [0.2, 0.25) is 0 Å². The fourth-order valence-corrected chi connectivity index (χ4v) is 3.52. The summed E-state index contributed by atoms with van der Waals surface area (Å²) in [6.45, 7) is 6.27. The number of amides is 1. The van der Waals surface area contributed by atoms with Crippen LogP contribution in [0.15, 0.2) is 48.7 Å². The van der Waals surface area contributed by atoms with Crippen LogP contribution in [0.3, 0.4) is 0 Å². The number of aromatic nitrogens is 1. The van der Waals surface area contributed by atoms with E-state index >= 15 is 0 Å². The molecule has 2 aromatic rings. The molecule has 2 heterocycles. The second-order valence-corrected chi connectivity index (χ2v) is 6.67. The van der Waals surface area contributed by atoms with E-state index in [1.165, 1.54) is 11.1 Å². The van der Waals surface area contributed by atoms with Gasteiger partial charge in [-0.25, -0.2) is 0 Å². The van der Waals surface area contributed by atoms with E-state index in [0.717, 1.165) is 18.7 Å². The Balaban J connectivity index is 1.54. The van der Waals surface area contributed by atoms with Crippen molar-refractivity contribution in [2.45, 2.75) is 38.8 Å². The van der Waals surface area contributed by atoms with Gasteiger partial charge in [0.15, 0.2) is 0 Å². The van der Waals surface area contributed by atoms with Crippen molar-refractivity contribution in [3.05, 3.63) is 65.5 Å². The molecular weight excluding hydrogens is 298 g/mol. The number of carbonyl (C=O) groups is 1. The molecule has 0 aliphatic carbocycles. The van der Waals surface area contributed by atoms with Crippen LogP contribution in [-0.2, 0) is 11.3 Å². The Morgan fingerprint density at radius 1 is 1.25 bits per heavy atom. The molecular formula is C20H25N3O. The highest BCUT2D eigenvalue weighted by Crippen LogP contribution is 2.32. The van der Waals surface area contributed by atoms with Gasteiger partial charge in [0, 0.05) is 18.8 Å². The van der Waals surface area contributed by atoms with Gasteiger partial charge in [0.1, 0.15) is 0 Å². The van der Waals surface area contributed by atoms with Gasteiger partial charge < -0.3 is 5.32 Å². The molecule has 1 aromatic carbocycles. The zero-order valence-electron chi connectivity index (χ0n) is 14.4. The first-order valence-electron chi connectivity index (χ1n) is 8.59. The minimum Gasteiger partial charge on any atom is -0.349 e. The molecule has 1 fully saturated rings. The van der Waals surface area contributed by atoms with Gasteiger partial charge in [-0.05, 0) is 49.4 Å². The van der Waals surface area contributed by atoms with Crippen LogP contribution in [-0.4, -0.2) is 34.9 Å². The second kappa shape index (κ2) is 7.58. The molecule has 4 heteroatoms. The van der Waals surface area contributed by atoms with E-state index in [4.69, 9.17) is 0 Å². The zero-order chi connectivity index (χ0) is 16.9. The zero-order valence-corrected chi connectivity index (χ0v) is 14.4. The van der Waals surface area contributed by atoms with E-state index < -0.39 is 0 Å². The van der Waals surface area contributed by atoms with Crippen molar-refractivity contribution in [1.82, 2.24) is 15.2 Å². The van der Waals surface area contributed by atoms with Crippen LogP contribution in [0.1, 0.15) is 36.1 Å². The second-order valence-electron chi connectivity index (χ2n) is 6.67. The maximum atomic E-state index is 12.2. The number of hydrogen-bond donors (Lipinski definition) is 1. The molecule has 126 valence electrons. The molecule has 0 unspecified atom stereocenters. The Morgan fingerprint density at radius 3 is 2.79 bits per heavy atom. The average molecular weight is 323 g/mol. The maximum Gasteiger partial charge on any atom is 0.234 e. The summed E-state index contributed by atoms with van der Waals surface area (Å²) >= 11 is 0. The number of rotatable bonds is 5. The third-order valence-corrected chi connectivity index (χ3v) is 4.87. The van der Waals surface area contributed by atoms with Crippen LogP contribution in [0.25, 0.3) is 0 Å². The number of likely N-dealkylation sites (tertiary alicyclic amines) is 1. The molecule has 2 atom stereocenters. The number of nitrogens with zero attached hydrogens (tertiary/aromatic N) is 2. The Hall–Kier alpha value is -2.20. The predicted octanol–water partition coefficient (Wildman–Crippen LogP) is 2.88. The van der Waals surface area contributed by atoms with Gasteiger partial charge in [-0.15, -0.1) is 0 Å². The highest BCUT2D eigenvalue weighted by Gasteiger charge is 2.31. The first-order valence-corrected chi connectivity index (χ1v) is 8.59.